The van der Waals surface area contributed by atoms with E-state index in [1.165, 1.54) is 13.2 Å². The number of anilines is 1. The number of aryl methyl sites for hydroxylation is 1. The second kappa shape index (κ2) is 18.8. The van der Waals surface area contributed by atoms with Gasteiger partial charge < -0.3 is 33.5 Å². The summed E-state index contributed by atoms with van der Waals surface area (Å²) >= 11 is 0. The van der Waals surface area contributed by atoms with Gasteiger partial charge in [0, 0.05) is 24.7 Å². The summed E-state index contributed by atoms with van der Waals surface area (Å²) in [6, 6.07) is 3.59. The van der Waals surface area contributed by atoms with Crippen molar-refractivity contribution in [3.63, 3.8) is 0 Å². The Balaban J connectivity index is 2.08. The summed E-state index contributed by atoms with van der Waals surface area (Å²) < 4.78 is 34.0. The molecule has 0 spiro atoms. The summed E-state index contributed by atoms with van der Waals surface area (Å²) in [7, 11) is 4.62. The first-order valence-corrected chi connectivity index (χ1v) is 15.0. The summed E-state index contributed by atoms with van der Waals surface area (Å²) in [4.78, 5) is 23.0. The van der Waals surface area contributed by atoms with Crippen molar-refractivity contribution < 1.29 is 43.1 Å². The number of aliphatic carboxylic acids is 1. The number of benzene rings is 1. The average molecular weight is 628 g/mol. The smallest absolute Gasteiger partial charge is 0.412 e. The van der Waals surface area contributed by atoms with Gasteiger partial charge in [0.05, 0.1) is 44.6 Å². The van der Waals surface area contributed by atoms with Crippen molar-refractivity contribution in [3.8, 4) is 11.5 Å². The van der Waals surface area contributed by atoms with Gasteiger partial charge in [-0.15, -0.1) is 0 Å². The van der Waals surface area contributed by atoms with E-state index < -0.39 is 24.0 Å². The number of carbonyl (C=O) groups is 2. The summed E-state index contributed by atoms with van der Waals surface area (Å²) in [5.74, 6) is -0.419. The molecule has 1 aromatic rings. The van der Waals surface area contributed by atoms with Crippen molar-refractivity contribution in [2.45, 2.75) is 77.5 Å². The van der Waals surface area contributed by atoms with Crippen LogP contribution in [-0.2, 0) is 30.2 Å². The fourth-order valence-corrected chi connectivity index (χ4v) is 5.04. The van der Waals surface area contributed by atoms with Gasteiger partial charge >= 0.3 is 12.1 Å². The number of methoxy groups -OCH3 is 3. The molecule has 2 rings (SSSR count). The molecule has 1 heterocycles. The molecule has 1 aromatic carbocycles. The lowest BCUT2D eigenvalue weighted by Gasteiger charge is -2.45. The lowest BCUT2D eigenvalue weighted by molar-refractivity contribution is -0.310. The fraction of sp³-hybridized carbons (Fsp3) is 0.486. The Labute approximate surface area is 267 Å². The van der Waals surface area contributed by atoms with Crippen LogP contribution in [0.4, 0.5) is 10.5 Å². The van der Waals surface area contributed by atoms with Crippen LogP contribution >= 0.6 is 0 Å². The van der Waals surface area contributed by atoms with Crippen LogP contribution in [0.2, 0.25) is 0 Å². The monoisotopic (exact) mass is 627 g/mol. The van der Waals surface area contributed by atoms with Crippen LogP contribution in [0.25, 0.3) is 0 Å². The van der Waals surface area contributed by atoms with Gasteiger partial charge in [-0.2, -0.15) is 0 Å². The van der Waals surface area contributed by atoms with E-state index in [4.69, 9.17) is 33.5 Å². The van der Waals surface area contributed by atoms with E-state index in [2.05, 4.69) is 37.9 Å². The van der Waals surface area contributed by atoms with Crippen LogP contribution in [-0.4, -0.2) is 69.2 Å². The lowest BCUT2D eigenvalue weighted by Crippen LogP contribution is -2.50. The van der Waals surface area contributed by atoms with Gasteiger partial charge in [0.2, 0.25) is 0 Å². The first-order chi connectivity index (χ1) is 21.4. The van der Waals surface area contributed by atoms with Gasteiger partial charge in [-0.25, -0.2) is 4.79 Å². The minimum atomic E-state index is -0.906. The third-order valence-corrected chi connectivity index (χ3v) is 7.23. The van der Waals surface area contributed by atoms with E-state index in [1.54, 1.807) is 32.4 Å². The van der Waals surface area contributed by atoms with E-state index in [1.807, 2.05) is 38.1 Å². The number of ether oxygens (including phenoxy) is 6. The van der Waals surface area contributed by atoms with Crippen molar-refractivity contribution in [2.75, 3.05) is 33.3 Å². The second-order valence-electron chi connectivity index (χ2n) is 11.1. The fourth-order valence-electron chi connectivity index (χ4n) is 5.04. The number of carboxylic acids is 1. The number of hydrogen-bond donors (Lipinski definition) is 2. The van der Waals surface area contributed by atoms with E-state index >= 15 is 0 Å². The number of amides is 1. The summed E-state index contributed by atoms with van der Waals surface area (Å²) in [5, 5.41) is 11.6. The molecule has 0 unspecified atom stereocenters. The van der Waals surface area contributed by atoms with Gasteiger partial charge in [-0.3, -0.25) is 10.1 Å². The van der Waals surface area contributed by atoms with Gasteiger partial charge in [0.1, 0.15) is 18.1 Å². The predicted molar refractivity (Wildman–Crippen MR) is 175 cm³/mol. The highest BCUT2D eigenvalue weighted by Crippen LogP contribution is 2.37. The zero-order valence-corrected chi connectivity index (χ0v) is 27.5. The van der Waals surface area contributed by atoms with Crippen LogP contribution < -0.4 is 14.8 Å². The molecule has 1 aliphatic heterocycles. The number of carbonyl (C=O) groups excluding carboxylic acids is 1. The molecule has 0 aromatic heterocycles. The Bertz CT molecular complexity index is 1250. The molecule has 10 nitrogen and oxygen atoms in total. The van der Waals surface area contributed by atoms with Gasteiger partial charge in [-0.05, 0) is 51.7 Å². The molecule has 10 heteroatoms. The summed E-state index contributed by atoms with van der Waals surface area (Å²) in [5.41, 5.74) is 2.45. The highest BCUT2D eigenvalue weighted by Gasteiger charge is 2.40. The minimum absolute atomic E-state index is 0.0521. The van der Waals surface area contributed by atoms with Crippen LogP contribution in [0.1, 0.15) is 52.5 Å². The predicted octanol–water partition coefficient (Wildman–Crippen LogP) is 7.02. The molecule has 1 fully saturated rings. The number of carboxylic acid groups (broad SMARTS) is 1. The molecule has 0 aliphatic carbocycles. The van der Waals surface area contributed by atoms with Crippen LogP contribution in [0.15, 0.2) is 72.9 Å². The Morgan fingerprint density at radius 2 is 1.84 bits per heavy atom. The largest absolute Gasteiger partial charge is 0.497 e. The number of nitrogens with one attached hydrogen (secondary N) is 1. The molecule has 1 amide bonds. The quantitative estimate of drug-likeness (QED) is 0.139. The first-order valence-electron chi connectivity index (χ1n) is 15.0. The average Bonchev–Trinajstić information content (AvgIpc) is 2.99. The minimum Gasteiger partial charge on any atom is -0.497 e. The maximum absolute atomic E-state index is 12.2. The molecule has 4 atom stereocenters. The first kappa shape index (κ1) is 37.3. The summed E-state index contributed by atoms with van der Waals surface area (Å²) in [6.07, 6.45) is 15.6. The molecular weight excluding hydrogens is 578 g/mol. The van der Waals surface area contributed by atoms with Crippen molar-refractivity contribution in [1.82, 2.24) is 0 Å². The SMILES string of the molecule is C=CCOC(=O)Nc1cc(OC)cc(CC/C=C(/C)[C@@H]2OC(C)(C)O[C@@H](C/C=C/C=C/C=C/[C@@H](CC(=O)O)OC)[C@@H]2C)c1OC. The zero-order chi connectivity index (χ0) is 33.4. The number of hydrogen-bond acceptors (Lipinski definition) is 8. The topological polar surface area (TPSA) is 122 Å². The van der Waals surface area contributed by atoms with E-state index in [-0.39, 0.29) is 31.2 Å². The highest BCUT2D eigenvalue weighted by atomic mass is 16.7. The van der Waals surface area contributed by atoms with E-state index in [9.17, 15) is 9.59 Å². The normalized spacial score (nSPS) is 20.8. The third-order valence-electron chi connectivity index (χ3n) is 7.23. The molecular formula is C35H49NO9. The molecule has 1 saturated heterocycles. The standard InChI is InChI=1S/C35H49NO9/c1-9-20-43-34(39)36-29-22-28(41-7)21-26(33(29)42-8)17-15-16-24(2)32-25(3)30(44-35(4,5)45-32)19-14-12-10-11-13-18-27(40-6)23-31(37)38/h9-14,16,18,21-22,25,27,30,32H,1,15,17,19-20,23H2,2-8H3,(H,36,39)(H,37,38)/b11-10+,14-12+,18-13+,24-16-/t25-,27-,30-,32-/m0/s1. The van der Waals surface area contributed by atoms with Crippen LogP contribution in [0.3, 0.4) is 0 Å². The molecule has 1 aliphatic rings. The molecule has 248 valence electrons. The van der Waals surface area contributed by atoms with Crippen molar-refractivity contribution >= 4 is 17.7 Å². The Morgan fingerprint density at radius 3 is 2.49 bits per heavy atom. The maximum atomic E-state index is 12.2. The maximum Gasteiger partial charge on any atom is 0.412 e. The summed E-state index contributed by atoms with van der Waals surface area (Å²) in [6.45, 7) is 11.7. The van der Waals surface area contributed by atoms with Crippen molar-refractivity contribution in [2.24, 2.45) is 5.92 Å². The Morgan fingerprint density at radius 1 is 1.11 bits per heavy atom. The Kier molecular flexibility index (Phi) is 15.6. The van der Waals surface area contributed by atoms with Crippen molar-refractivity contribution in [1.29, 1.82) is 0 Å². The van der Waals surface area contributed by atoms with Gasteiger partial charge in [0.25, 0.3) is 0 Å². The van der Waals surface area contributed by atoms with Gasteiger partial charge in [0.15, 0.2) is 5.79 Å². The molecule has 0 radical (unpaired) electrons. The molecule has 45 heavy (non-hydrogen) atoms. The molecule has 0 saturated carbocycles. The highest BCUT2D eigenvalue weighted by molar-refractivity contribution is 5.87. The molecule has 2 N–H and O–H groups in total. The second-order valence-corrected chi connectivity index (χ2v) is 11.1. The zero-order valence-electron chi connectivity index (χ0n) is 27.5. The van der Waals surface area contributed by atoms with Crippen molar-refractivity contribution in [3.05, 3.63) is 78.5 Å². The number of allylic oxidation sites excluding steroid dienone is 5. The third kappa shape index (κ3) is 12.6. The van der Waals surface area contributed by atoms with Crippen LogP contribution in [0, 0.1) is 5.92 Å². The van der Waals surface area contributed by atoms with Crippen LogP contribution in [0.5, 0.6) is 11.5 Å². The van der Waals surface area contributed by atoms with E-state index in [0.29, 0.717) is 36.4 Å². The Hall–Kier alpha value is -3.86. The van der Waals surface area contributed by atoms with E-state index in [0.717, 1.165) is 11.1 Å². The number of rotatable bonds is 17. The molecule has 0 bridgehead atoms. The lowest BCUT2D eigenvalue weighted by atomic mass is 9.88. The van der Waals surface area contributed by atoms with Gasteiger partial charge in [-0.1, -0.05) is 62.1 Å².